The lowest BCUT2D eigenvalue weighted by molar-refractivity contribution is -0.141. The number of carbonyl (C=O) groups is 1. The highest BCUT2D eigenvalue weighted by atomic mass is 16.5. The molecule has 0 aliphatic carbocycles. The lowest BCUT2D eigenvalue weighted by Gasteiger charge is -2.16. The number of aliphatic hydroxyl groups is 2. The molecule has 0 aromatic heterocycles. The minimum absolute atomic E-state index is 0.201. The molecule has 154 valence electrons. The van der Waals surface area contributed by atoms with Crippen LogP contribution >= 0.6 is 0 Å². The highest BCUT2D eigenvalue weighted by Crippen LogP contribution is 2.13. The zero-order chi connectivity index (χ0) is 21.1. The maximum Gasteiger partial charge on any atom is 0.302 e. The van der Waals surface area contributed by atoms with Crippen LogP contribution in [0.4, 0.5) is 0 Å². The van der Waals surface area contributed by atoms with Crippen molar-refractivity contribution in [1.82, 2.24) is 0 Å². The minimum Gasteiger partial charge on any atom is -0.466 e. The van der Waals surface area contributed by atoms with E-state index in [9.17, 15) is 9.90 Å². The summed E-state index contributed by atoms with van der Waals surface area (Å²) in [4.78, 5) is 10.4. The molecule has 0 spiro atoms. The molecule has 1 aromatic carbocycles. The molecule has 4 nitrogen and oxygen atoms in total. The lowest BCUT2D eigenvalue weighted by Crippen LogP contribution is -2.19. The monoisotopic (exact) mass is 378 g/mol. The van der Waals surface area contributed by atoms with Gasteiger partial charge in [0.1, 0.15) is 0 Å². The molecule has 1 aromatic rings. The van der Waals surface area contributed by atoms with Gasteiger partial charge in [-0.05, 0) is 58.9 Å². The van der Waals surface area contributed by atoms with Crippen molar-refractivity contribution < 1.29 is 19.7 Å². The first-order chi connectivity index (χ1) is 12.7. The van der Waals surface area contributed by atoms with Crippen molar-refractivity contribution in [1.29, 1.82) is 0 Å². The van der Waals surface area contributed by atoms with Crippen LogP contribution < -0.4 is 0 Å². The van der Waals surface area contributed by atoms with Crippen LogP contribution in [0.2, 0.25) is 0 Å². The van der Waals surface area contributed by atoms with E-state index >= 15 is 0 Å². The van der Waals surface area contributed by atoms with Gasteiger partial charge in [0.15, 0.2) is 0 Å². The second-order valence-corrected chi connectivity index (χ2v) is 6.63. The summed E-state index contributed by atoms with van der Waals surface area (Å²) in [5, 5.41) is 17.1. The quantitative estimate of drug-likeness (QED) is 0.385. The van der Waals surface area contributed by atoms with E-state index in [-0.39, 0.29) is 12.6 Å². The number of allylic oxidation sites excluding steroid dienone is 2. The first-order valence-electron chi connectivity index (χ1n) is 9.46. The van der Waals surface area contributed by atoms with Crippen molar-refractivity contribution in [2.24, 2.45) is 0 Å². The van der Waals surface area contributed by atoms with Gasteiger partial charge < -0.3 is 14.9 Å². The SMILES string of the molecule is C=CC(C)(O)CCC=C(C)C.CC(=O)OCCCc1ccccc1.CCO. The summed E-state index contributed by atoms with van der Waals surface area (Å²) in [7, 11) is 0. The Morgan fingerprint density at radius 1 is 1.22 bits per heavy atom. The van der Waals surface area contributed by atoms with Gasteiger partial charge in [0.2, 0.25) is 0 Å². The number of esters is 1. The molecule has 4 heteroatoms. The van der Waals surface area contributed by atoms with E-state index < -0.39 is 5.60 Å². The third kappa shape index (κ3) is 22.0. The topological polar surface area (TPSA) is 66.8 Å². The average Bonchev–Trinajstić information content (AvgIpc) is 2.60. The van der Waals surface area contributed by atoms with E-state index in [0.717, 1.165) is 25.7 Å². The second-order valence-electron chi connectivity index (χ2n) is 6.63. The van der Waals surface area contributed by atoms with Gasteiger partial charge in [0.25, 0.3) is 0 Å². The van der Waals surface area contributed by atoms with Crippen LogP contribution in [0.1, 0.15) is 59.4 Å². The van der Waals surface area contributed by atoms with Gasteiger partial charge in [-0.3, -0.25) is 4.79 Å². The average molecular weight is 379 g/mol. The molecule has 2 N–H and O–H groups in total. The number of hydrogen-bond donors (Lipinski definition) is 2. The van der Waals surface area contributed by atoms with Crippen LogP contribution in [-0.4, -0.2) is 35.0 Å². The largest absolute Gasteiger partial charge is 0.466 e. The zero-order valence-electron chi connectivity index (χ0n) is 17.7. The predicted molar refractivity (Wildman–Crippen MR) is 114 cm³/mol. The molecule has 27 heavy (non-hydrogen) atoms. The van der Waals surface area contributed by atoms with Crippen molar-refractivity contribution in [2.45, 2.75) is 65.9 Å². The summed E-state index contributed by atoms with van der Waals surface area (Å²) in [6.07, 6.45) is 7.24. The molecule has 0 radical (unpaired) electrons. The van der Waals surface area contributed by atoms with Gasteiger partial charge in [-0.1, -0.05) is 48.1 Å². The van der Waals surface area contributed by atoms with Crippen LogP contribution in [0.3, 0.4) is 0 Å². The summed E-state index contributed by atoms with van der Waals surface area (Å²) in [6.45, 7) is 13.3. The van der Waals surface area contributed by atoms with Gasteiger partial charge in [-0.15, -0.1) is 6.58 Å². The van der Waals surface area contributed by atoms with E-state index in [4.69, 9.17) is 9.84 Å². The van der Waals surface area contributed by atoms with Crippen molar-refractivity contribution in [3.63, 3.8) is 0 Å². The van der Waals surface area contributed by atoms with E-state index in [1.807, 2.05) is 18.2 Å². The zero-order valence-corrected chi connectivity index (χ0v) is 17.7. The fraction of sp³-hybridized carbons (Fsp3) is 0.522. The Morgan fingerprint density at radius 2 is 1.78 bits per heavy atom. The molecule has 0 bridgehead atoms. The Labute approximate surface area is 165 Å². The molecule has 0 heterocycles. The molecule has 0 aliphatic rings. The van der Waals surface area contributed by atoms with Crippen molar-refractivity contribution in [3.8, 4) is 0 Å². The van der Waals surface area contributed by atoms with Gasteiger partial charge in [-0.2, -0.15) is 0 Å². The summed E-state index contributed by atoms with van der Waals surface area (Å²) in [6, 6.07) is 10.2. The highest BCUT2D eigenvalue weighted by Gasteiger charge is 2.12. The van der Waals surface area contributed by atoms with E-state index in [1.165, 1.54) is 18.1 Å². The predicted octanol–water partition coefficient (Wildman–Crippen LogP) is 4.85. The molecule has 1 rings (SSSR count). The Hall–Kier alpha value is -1.91. The Bertz CT molecular complexity index is 514. The van der Waals surface area contributed by atoms with Crippen molar-refractivity contribution in [2.75, 3.05) is 13.2 Å². The fourth-order valence-corrected chi connectivity index (χ4v) is 1.89. The number of rotatable bonds is 8. The molecule has 1 unspecified atom stereocenters. The molecule has 1 atom stereocenters. The van der Waals surface area contributed by atoms with E-state index in [0.29, 0.717) is 6.61 Å². The summed E-state index contributed by atoms with van der Waals surface area (Å²) >= 11 is 0. The summed E-state index contributed by atoms with van der Waals surface area (Å²) < 4.78 is 4.82. The van der Waals surface area contributed by atoms with Gasteiger partial charge >= 0.3 is 5.97 Å². The maximum atomic E-state index is 10.4. The second kappa shape index (κ2) is 17.5. The summed E-state index contributed by atoms with van der Waals surface area (Å²) in [5.74, 6) is -0.201. The number of ether oxygens (including phenoxy) is 1. The number of aryl methyl sites for hydroxylation is 1. The molecule has 0 fully saturated rings. The number of benzene rings is 1. The van der Waals surface area contributed by atoms with Crippen LogP contribution in [0.25, 0.3) is 0 Å². The first kappa shape index (κ1) is 27.3. The molecule has 0 saturated carbocycles. The van der Waals surface area contributed by atoms with Crippen LogP contribution in [0.5, 0.6) is 0 Å². The Balaban J connectivity index is 0. The lowest BCUT2D eigenvalue weighted by atomic mass is 10.00. The number of aliphatic hydroxyl groups excluding tert-OH is 1. The van der Waals surface area contributed by atoms with Crippen molar-refractivity contribution >= 4 is 5.97 Å². The molecular formula is C23H38O4. The fourth-order valence-electron chi connectivity index (χ4n) is 1.89. The number of hydrogen-bond acceptors (Lipinski definition) is 4. The number of carbonyl (C=O) groups excluding carboxylic acids is 1. The summed E-state index contributed by atoms with van der Waals surface area (Å²) in [5.41, 5.74) is 1.88. The Morgan fingerprint density at radius 3 is 2.22 bits per heavy atom. The smallest absolute Gasteiger partial charge is 0.302 e. The standard InChI is InChI=1S/C11H14O2.C10H18O.C2H6O/c1-10(12)13-9-5-8-11-6-3-2-4-7-11;1-5-10(4,11)8-6-7-9(2)3;1-2-3/h2-4,6-7H,5,8-9H2,1H3;5,7,11H,1,6,8H2,2-4H3;3H,2H2,1H3. The third-order valence-corrected chi connectivity index (χ3v) is 3.40. The van der Waals surface area contributed by atoms with Gasteiger partial charge in [0, 0.05) is 13.5 Å². The van der Waals surface area contributed by atoms with E-state index in [1.54, 1.807) is 19.9 Å². The Kier molecular flexibility index (Phi) is 17.7. The first-order valence-corrected chi connectivity index (χ1v) is 9.46. The molecular weight excluding hydrogens is 340 g/mol. The minimum atomic E-state index is -0.702. The van der Waals surface area contributed by atoms with Crippen LogP contribution in [0, 0.1) is 0 Å². The normalized spacial score (nSPS) is 11.5. The maximum absolute atomic E-state index is 10.4. The third-order valence-electron chi connectivity index (χ3n) is 3.40. The van der Waals surface area contributed by atoms with Gasteiger partial charge in [-0.25, -0.2) is 0 Å². The van der Waals surface area contributed by atoms with Crippen LogP contribution in [-0.2, 0) is 16.0 Å². The van der Waals surface area contributed by atoms with Crippen LogP contribution in [0.15, 0.2) is 54.6 Å². The molecule has 0 amide bonds. The van der Waals surface area contributed by atoms with E-state index in [2.05, 4.69) is 38.6 Å². The highest BCUT2D eigenvalue weighted by molar-refractivity contribution is 5.65. The molecule has 0 saturated heterocycles. The van der Waals surface area contributed by atoms with Gasteiger partial charge in [0.05, 0.1) is 12.2 Å². The van der Waals surface area contributed by atoms with Crippen molar-refractivity contribution in [3.05, 3.63) is 60.2 Å². The molecule has 0 aliphatic heterocycles.